The molecule has 0 aromatic heterocycles. The van der Waals surface area contributed by atoms with E-state index in [4.69, 9.17) is 0 Å². The van der Waals surface area contributed by atoms with Crippen molar-refractivity contribution in [3.05, 3.63) is 53.6 Å². The first-order chi connectivity index (χ1) is 11.8. The topological polar surface area (TPSA) is 18.8 Å². The molecule has 1 heterocycles. The third-order valence-corrected chi connectivity index (χ3v) is 5.39. The molecule has 0 N–H and O–H groups in total. The molecule has 2 aromatic carbocycles. The molecule has 0 amide bonds. The van der Waals surface area contributed by atoms with Crippen molar-refractivity contribution in [2.75, 3.05) is 30.9 Å². The first-order valence-corrected chi connectivity index (χ1v) is 8.97. The van der Waals surface area contributed by atoms with Crippen LogP contribution in [0.1, 0.15) is 44.2 Å². The summed E-state index contributed by atoms with van der Waals surface area (Å²) >= 11 is 0. The molecule has 3 nitrogen and oxygen atoms in total. The Morgan fingerprint density at radius 2 is 1.80 bits per heavy atom. The standard InChI is InChI=1S/C22H29N3/c1-16-14-22(2,3)25(6)21-12-7-17(13-20(16)21)15-23-18-8-10-19(11-9-18)24(4)5/h7-13,15-16H,14H2,1-6H3/t16-/m0/s1. The van der Waals surface area contributed by atoms with Gasteiger partial charge >= 0.3 is 0 Å². The van der Waals surface area contributed by atoms with E-state index in [1.165, 1.54) is 23.4 Å². The SMILES string of the molecule is C[C@H]1CC(C)(C)N(C)c2ccc(C=Nc3ccc(N(C)C)cc3)cc21. The summed E-state index contributed by atoms with van der Waals surface area (Å²) in [6, 6.07) is 15.0. The largest absolute Gasteiger partial charge is 0.378 e. The van der Waals surface area contributed by atoms with E-state index >= 15 is 0 Å². The highest BCUT2D eigenvalue weighted by Gasteiger charge is 2.33. The summed E-state index contributed by atoms with van der Waals surface area (Å²) in [5, 5.41) is 0. The van der Waals surface area contributed by atoms with Gasteiger partial charge in [-0.1, -0.05) is 13.0 Å². The quantitative estimate of drug-likeness (QED) is 0.716. The fourth-order valence-electron chi connectivity index (χ4n) is 3.66. The second-order valence-electron chi connectivity index (χ2n) is 7.96. The normalized spacial score (nSPS) is 19.1. The van der Waals surface area contributed by atoms with Crippen LogP contribution in [0.15, 0.2) is 47.5 Å². The molecule has 1 atom stereocenters. The number of anilines is 2. The number of hydrogen-bond donors (Lipinski definition) is 0. The number of rotatable bonds is 3. The van der Waals surface area contributed by atoms with Crippen LogP contribution in [0.2, 0.25) is 0 Å². The minimum absolute atomic E-state index is 0.205. The lowest BCUT2D eigenvalue weighted by molar-refractivity contribution is 0.395. The fraction of sp³-hybridized carbons (Fsp3) is 0.409. The van der Waals surface area contributed by atoms with Gasteiger partial charge in [-0.15, -0.1) is 0 Å². The second kappa shape index (κ2) is 6.55. The second-order valence-corrected chi connectivity index (χ2v) is 7.96. The molecule has 0 spiro atoms. The van der Waals surface area contributed by atoms with Gasteiger partial charge in [-0.25, -0.2) is 0 Å². The number of benzene rings is 2. The summed E-state index contributed by atoms with van der Waals surface area (Å²) < 4.78 is 0. The van der Waals surface area contributed by atoms with Gasteiger partial charge in [0.1, 0.15) is 0 Å². The van der Waals surface area contributed by atoms with Gasteiger partial charge in [0, 0.05) is 44.3 Å². The molecule has 0 radical (unpaired) electrons. The van der Waals surface area contributed by atoms with Crippen LogP contribution in [0.25, 0.3) is 0 Å². The van der Waals surface area contributed by atoms with E-state index in [0.717, 1.165) is 11.3 Å². The predicted molar refractivity (Wildman–Crippen MR) is 110 cm³/mol. The van der Waals surface area contributed by atoms with E-state index in [9.17, 15) is 0 Å². The smallest absolute Gasteiger partial charge is 0.0631 e. The summed E-state index contributed by atoms with van der Waals surface area (Å²) in [4.78, 5) is 9.14. The van der Waals surface area contributed by atoms with Crippen LogP contribution < -0.4 is 9.80 Å². The van der Waals surface area contributed by atoms with Crippen LogP contribution in [0.3, 0.4) is 0 Å². The van der Waals surface area contributed by atoms with Gasteiger partial charge < -0.3 is 9.80 Å². The maximum Gasteiger partial charge on any atom is 0.0631 e. The Kier molecular flexibility index (Phi) is 4.59. The zero-order valence-corrected chi connectivity index (χ0v) is 16.2. The molecule has 1 aliphatic heterocycles. The summed E-state index contributed by atoms with van der Waals surface area (Å²) in [6.07, 6.45) is 3.14. The van der Waals surface area contributed by atoms with Gasteiger partial charge in [0.05, 0.1) is 5.69 Å². The van der Waals surface area contributed by atoms with Gasteiger partial charge in [0.25, 0.3) is 0 Å². The van der Waals surface area contributed by atoms with Crippen molar-refractivity contribution >= 4 is 23.3 Å². The molecular weight excluding hydrogens is 306 g/mol. The Balaban J connectivity index is 1.84. The number of fused-ring (bicyclic) bond motifs is 1. The van der Waals surface area contributed by atoms with Gasteiger partial charge in [-0.3, -0.25) is 4.99 Å². The van der Waals surface area contributed by atoms with Gasteiger partial charge in [-0.05, 0) is 73.7 Å². The highest BCUT2D eigenvalue weighted by molar-refractivity contribution is 5.84. The predicted octanol–water partition coefficient (Wildman–Crippen LogP) is 5.23. The van der Waals surface area contributed by atoms with Gasteiger partial charge in [-0.2, -0.15) is 0 Å². The number of hydrogen-bond acceptors (Lipinski definition) is 3. The molecule has 3 heteroatoms. The first kappa shape index (κ1) is 17.5. The van der Waals surface area contributed by atoms with Crippen molar-refractivity contribution in [1.82, 2.24) is 0 Å². The Bertz CT molecular complexity index is 772. The lowest BCUT2D eigenvalue weighted by atomic mass is 9.80. The summed E-state index contributed by atoms with van der Waals surface area (Å²) in [5.41, 5.74) is 6.30. The Morgan fingerprint density at radius 1 is 1.12 bits per heavy atom. The average Bonchev–Trinajstić information content (AvgIpc) is 2.58. The van der Waals surface area contributed by atoms with Crippen molar-refractivity contribution in [2.24, 2.45) is 4.99 Å². The molecule has 1 aliphatic rings. The van der Waals surface area contributed by atoms with Crippen LogP contribution in [0, 0.1) is 0 Å². The number of nitrogens with zero attached hydrogens (tertiary/aromatic N) is 3. The van der Waals surface area contributed by atoms with Crippen LogP contribution in [-0.4, -0.2) is 32.9 Å². The first-order valence-electron chi connectivity index (χ1n) is 8.97. The van der Waals surface area contributed by atoms with Crippen LogP contribution >= 0.6 is 0 Å². The molecule has 25 heavy (non-hydrogen) atoms. The van der Waals surface area contributed by atoms with Crippen molar-refractivity contribution in [3.63, 3.8) is 0 Å². The number of aliphatic imine (C=N–C) groups is 1. The van der Waals surface area contributed by atoms with E-state index in [1.54, 1.807) is 0 Å². The molecular formula is C22H29N3. The Hall–Kier alpha value is -2.29. The van der Waals surface area contributed by atoms with Crippen molar-refractivity contribution in [3.8, 4) is 0 Å². The lowest BCUT2D eigenvalue weighted by Crippen LogP contribution is -2.45. The van der Waals surface area contributed by atoms with Crippen LogP contribution in [0.5, 0.6) is 0 Å². The zero-order chi connectivity index (χ0) is 18.2. The van der Waals surface area contributed by atoms with Gasteiger partial charge in [0.15, 0.2) is 0 Å². The Morgan fingerprint density at radius 3 is 2.44 bits per heavy atom. The molecule has 0 saturated carbocycles. The van der Waals surface area contributed by atoms with Crippen molar-refractivity contribution in [2.45, 2.75) is 38.6 Å². The molecule has 0 bridgehead atoms. The maximum atomic E-state index is 4.64. The van der Waals surface area contributed by atoms with Crippen molar-refractivity contribution in [1.29, 1.82) is 0 Å². The highest BCUT2D eigenvalue weighted by atomic mass is 15.2. The van der Waals surface area contributed by atoms with E-state index in [-0.39, 0.29) is 5.54 Å². The zero-order valence-electron chi connectivity index (χ0n) is 16.2. The lowest BCUT2D eigenvalue weighted by Gasteiger charge is -2.45. The molecule has 2 aromatic rings. The van der Waals surface area contributed by atoms with Crippen LogP contribution in [-0.2, 0) is 0 Å². The molecule has 0 unspecified atom stereocenters. The molecule has 3 rings (SSSR count). The average molecular weight is 335 g/mol. The molecule has 132 valence electrons. The van der Waals surface area contributed by atoms with E-state index in [1.807, 2.05) is 20.3 Å². The van der Waals surface area contributed by atoms with Crippen LogP contribution in [0.4, 0.5) is 17.1 Å². The molecule has 0 aliphatic carbocycles. The molecule has 0 saturated heterocycles. The van der Waals surface area contributed by atoms with E-state index < -0.39 is 0 Å². The fourth-order valence-corrected chi connectivity index (χ4v) is 3.66. The van der Waals surface area contributed by atoms with Crippen molar-refractivity contribution < 1.29 is 0 Å². The van der Waals surface area contributed by atoms with E-state index in [2.05, 4.69) is 85.1 Å². The Labute approximate surface area is 152 Å². The monoisotopic (exact) mass is 335 g/mol. The third kappa shape index (κ3) is 3.55. The highest BCUT2D eigenvalue weighted by Crippen LogP contribution is 2.42. The maximum absolute atomic E-state index is 4.64. The minimum Gasteiger partial charge on any atom is -0.378 e. The summed E-state index contributed by atoms with van der Waals surface area (Å²) in [6.45, 7) is 6.97. The summed E-state index contributed by atoms with van der Waals surface area (Å²) in [5.74, 6) is 0.564. The summed E-state index contributed by atoms with van der Waals surface area (Å²) in [7, 11) is 6.29. The minimum atomic E-state index is 0.205. The van der Waals surface area contributed by atoms with Gasteiger partial charge in [0.2, 0.25) is 0 Å². The third-order valence-electron chi connectivity index (χ3n) is 5.39. The molecule has 0 fully saturated rings. The van der Waals surface area contributed by atoms with E-state index in [0.29, 0.717) is 5.92 Å².